The van der Waals surface area contributed by atoms with Gasteiger partial charge in [-0.2, -0.15) is 0 Å². The van der Waals surface area contributed by atoms with Gasteiger partial charge in [-0.15, -0.1) is 0 Å². The summed E-state index contributed by atoms with van der Waals surface area (Å²) in [7, 11) is 0. The van der Waals surface area contributed by atoms with Crippen molar-refractivity contribution in [1.29, 1.82) is 0 Å². The minimum Gasteiger partial charge on any atom is -0.391 e. The van der Waals surface area contributed by atoms with E-state index in [4.69, 9.17) is 5.73 Å². The number of hydrogen-bond donors (Lipinski definition) is 3. The van der Waals surface area contributed by atoms with Crippen LogP contribution in [0.25, 0.3) is 0 Å². The number of nitrogens with one attached hydrogen (secondary N) is 2. The maximum absolute atomic E-state index is 5.28. The number of allylic oxidation sites excluding steroid dienone is 1. The highest BCUT2D eigenvalue weighted by Gasteiger charge is 1.91. The first-order chi connectivity index (χ1) is 5.22. The molecule has 0 rings (SSSR count). The van der Waals surface area contributed by atoms with E-state index in [1.807, 2.05) is 20.0 Å². The molecular formula is C8H17N3. The molecule has 3 heteroatoms. The lowest BCUT2D eigenvalue weighted by molar-refractivity contribution is 0.827. The number of hydrogen-bond acceptors (Lipinski definition) is 3. The van der Waals surface area contributed by atoms with Gasteiger partial charge in [0, 0.05) is 18.4 Å². The molecule has 0 atom stereocenters. The normalized spacial score (nSPS) is 11.0. The Morgan fingerprint density at radius 3 is 2.73 bits per heavy atom. The SMILES string of the molecule is C=C(NCN)/C(C)=C/NCC. The number of rotatable bonds is 5. The molecule has 0 unspecified atom stereocenters. The van der Waals surface area contributed by atoms with Crippen LogP contribution in [0.2, 0.25) is 0 Å². The molecule has 0 heterocycles. The summed E-state index contributed by atoms with van der Waals surface area (Å²) in [6, 6.07) is 0. The van der Waals surface area contributed by atoms with E-state index in [2.05, 4.69) is 17.2 Å². The summed E-state index contributed by atoms with van der Waals surface area (Å²) in [6.07, 6.45) is 1.92. The molecule has 0 aliphatic heterocycles. The Morgan fingerprint density at radius 1 is 1.64 bits per heavy atom. The van der Waals surface area contributed by atoms with Crippen LogP contribution in [0.1, 0.15) is 13.8 Å². The van der Waals surface area contributed by atoms with Crippen LogP contribution in [-0.4, -0.2) is 13.2 Å². The minimum atomic E-state index is 0.427. The molecule has 0 aliphatic carbocycles. The average Bonchev–Trinajstić information content (AvgIpc) is 2.00. The Balaban J connectivity index is 3.80. The molecule has 0 radical (unpaired) electrons. The predicted octanol–water partition coefficient (Wildman–Crippen LogP) is 0.519. The van der Waals surface area contributed by atoms with Gasteiger partial charge in [-0.1, -0.05) is 6.58 Å². The molecule has 0 bridgehead atoms. The average molecular weight is 155 g/mol. The summed E-state index contributed by atoms with van der Waals surface area (Å²) in [4.78, 5) is 0. The standard InChI is InChI=1S/C8H17N3/c1-4-10-5-7(2)8(3)11-6-9/h5,10-11H,3-4,6,9H2,1-2H3/b7-5+. The van der Waals surface area contributed by atoms with E-state index in [1.165, 1.54) is 0 Å². The zero-order valence-corrected chi connectivity index (χ0v) is 7.28. The van der Waals surface area contributed by atoms with Crippen LogP contribution in [0.15, 0.2) is 24.0 Å². The fraction of sp³-hybridized carbons (Fsp3) is 0.500. The van der Waals surface area contributed by atoms with Crippen molar-refractivity contribution in [1.82, 2.24) is 10.6 Å². The van der Waals surface area contributed by atoms with Crippen molar-refractivity contribution in [3.63, 3.8) is 0 Å². The van der Waals surface area contributed by atoms with Crippen LogP contribution >= 0.6 is 0 Å². The smallest absolute Gasteiger partial charge is 0.0627 e. The van der Waals surface area contributed by atoms with Crippen molar-refractivity contribution in [2.45, 2.75) is 13.8 Å². The van der Waals surface area contributed by atoms with E-state index in [0.29, 0.717) is 6.67 Å². The van der Waals surface area contributed by atoms with E-state index in [-0.39, 0.29) is 0 Å². The summed E-state index contributed by atoms with van der Waals surface area (Å²) in [5.41, 5.74) is 7.23. The van der Waals surface area contributed by atoms with Gasteiger partial charge in [0.15, 0.2) is 0 Å². The van der Waals surface area contributed by atoms with Gasteiger partial charge >= 0.3 is 0 Å². The maximum Gasteiger partial charge on any atom is 0.0627 e. The van der Waals surface area contributed by atoms with E-state index >= 15 is 0 Å². The lowest BCUT2D eigenvalue weighted by Gasteiger charge is -2.07. The van der Waals surface area contributed by atoms with Crippen molar-refractivity contribution in [3.8, 4) is 0 Å². The zero-order chi connectivity index (χ0) is 8.69. The predicted molar refractivity (Wildman–Crippen MR) is 48.8 cm³/mol. The lowest BCUT2D eigenvalue weighted by Crippen LogP contribution is -2.22. The van der Waals surface area contributed by atoms with Crippen molar-refractivity contribution in [2.75, 3.05) is 13.2 Å². The summed E-state index contributed by atoms with van der Waals surface area (Å²) in [6.45, 7) is 9.17. The zero-order valence-electron chi connectivity index (χ0n) is 7.28. The first-order valence-corrected chi connectivity index (χ1v) is 3.75. The monoisotopic (exact) mass is 155 g/mol. The van der Waals surface area contributed by atoms with Crippen molar-refractivity contribution in [2.24, 2.45) is 5.73 Å². The Morgan fingerprint density at radius 2 is 2.27 bits per heavy atom. The van der Waals surface area contributed by atoms with Gasteiger partial charge in [-0.3, -0.25) is 0 Å². The molecule has 11 heavy (non-hydrogen) atoms. The van der Waals surface area contributed by atoms with Crippen LogP contribution in [0.5, 0.6) is 0 Å². The highest BCUT2D eigenvalue weighted by atomic mass is 15.0. The van der Waals surface area contributed by atoms with Crippen LogP contribution in [0, 0.1) is 0 Å². The fourth-order valence-electron chi connectivity index (χ4n) is 0.605. The second kappa shape index (κ2) is 5.80. The topological polar surface area (TPSA) is 50.1 Å². The minimum absolute atomic E-state index is 0.427. The molecule has 0 amide bonds. The third kappa shape index (κ3) is 4.44. The second-order valence-electron chi connectivity index (χ2n) is 2.24. The molecule has 64 valence electrons. The van der Waals surface area contributed by atoms with Gasteiger partial charge in [0.25, 0.3) is 0 Å². The molecule has 0 aromatic rings. The van der Waals surface area contributed by atoms with Gasteiger partial charge in [-0.25, -0.2) is 0 Å². The molecule has 0 spiro atoms. The van der Waals surface area contributed by atoms with Crippen molar-refractivity contribution in [3.05, 3.63) is 24.0 Å². The highest BCUT2D eigenvalue weighted by molar-refractivity contribution is 5.23. The highest BCUT2D eigenvalue weighted by Crippen LogP contribution is 1.99. The third-order valence-electron chi connectivity index (χ3n) is 1.31. The second-order valence-corrected chi connectivity index (χ2v) is 2.24. The molecule has 3 nitrogen and oxygen atoms in total. The third-order valence-corrected chi connectivity index (χ3v) is 1.31. The molecule has 0 fully saturated rings. The fourth-order valence-corrected chi connectivity index (χ4v) is 0.605. The Labute approximate surface area is 68.4 Å². The largest absolute Gasteiger partial charge is 0.391 e. The van der Waals surface area contributed by atoms with Gasteiger partial charge in [0.05, 0.1) is 6.67 Å². The quantitative estimate of drug-likeness (QED) is 0.401. The molecule has 0 saturated heterocycles. The van der Waals surface area contributed by atoms with Gasteiger partial charge in [0.1, 0.15) is 0 Å². The summed E-state index contributed by atoms with van der Waals surface area (Å²) >= 11 is 0. The Hall–Kier alpha value is -0.960. The van der Waals surface area contributed by atoms with Gasteiger partial charge in [-0.05, 0) is 19.4 Å². The van der Waals surface area contributed by atoms with Gasteiger partial charge < -0.3 is 16.4 Å². The molecule has 0 saturated carbocycles. The first kappa shape index (κ1) is 10.0. The van der Waals surface area contributed by atoms with Crippen molar-refractivity contribution >= 4 is 0 Å². The van der Waals surface area contributed by atoms with E-state index < -0.39 is 0 Å². The van der Waals surface area contributed by atoms with Crippen LogP contribution in [-0.2, 0) is 0 Å². The Bertz CT molecular complexity index is 149. The maximum atomic E-state index is 5.28. The summed E-state index contributed by atoms with van der Waals surface area (Å²) < 4.78 is 0. The summed E-state index contributed by atoms with van der Waals surface area (Å²) in [5, 5.41) is 6.01. The lowest BCUT2D eigenvalue weighted by atomic mass is 10.2. The van der Waals surface area contributed by atoms with Crippen molar-refractivity contribution < 1.29 is 0 Å². The Kier molecular flexibility index (Phi) is 5.29. The van der Waals surface area contributed by atoms with E-state index in [9.17, 15) is 0 Å². The van der Waals surface area contributed by atoms with Gasteiger partial charge in [0.2, 0.25) is 0 Å². The van der Waals surface area contributed by atoms with Crippen LogP contribution in [0.4, 0.5) is 0 Å². The molecule has 4 N–H and O–H groups in total. The summed E-state index contributed by atoms with van der Waals surface area (Å²) in [5.74, 6) is 0. The molecular weight excluding hydrogens is 138 g/mol. The van der Waals surface area contributed by atoms with E-state index in [0.717, 1.165) is 17.8 Å². The first-order valence-electron chi connectivity index (χ1n) is 3.75. The van der Waals surface area contributed by atoms with Crippen LogP contribution < -0.4 is 16.4 Å². The molecule has 0 aromatic carbocycles. The number of nitrogens with two attached hydrogens (primary N) is 1. The molecule has 0 aliphatic rings. The van der Waals surface area contributed by atoms with Crippen LogP contribution in [0.3, 0.4) is 0 Å². The van der Waals surface area contributed by atoms with E-state index in [1.54, 1.807) is 0 Å². The molecule has 0 aromatic heterocycles.